The summed E-state index contributed by atoms with van der Waals surface area (Å²) in [5.41, 5.74) is 2.02. The number of nitriles is 1. The second-order valence-corrected chi connectivity index (χ2v) is 9.26. The van der Waals surface area contributed by atoms with Crippen molar-refractivity contribution in [3.05, 3.63) is 60.4 Å². The first kappa shape index (κ1) is 18.0. The number of thioether (sulfide) groups is 2. The Kier molecular flexibility index (Phi) is 5.43. The minimum Gasteiger partial charge on any atom is -0.273 e. The van der Waals surface area contributed by atoms with Crippen molar-refractivity contribution in [2.24, 2.45) is 0 Å². The van der Waals surface area contributed by atoms with Gasteiger partial charge in [0.25, 0.3) is 0 Å². The van der Waals surface area contributed by atoms with Crippen LogP contribution >= 0.6 is 34.9 Å². The summed E-state index contributed by atoms with van der Waals surface area (Å²) in [6.07, 6.45) is 0. The van der Waals surface area contributed by atoms with Crippen molar-refractivity contribution in [3.63, 3.8) is 0 Å². The highest BCUT2D eigenvalue weighted by molar-refractivity contribution is 8.00. The molecule has 0 radical (unpaired) electrons. The van der Waals surface area contributed by atoms with E-state index in [1.165, 1.54) is 16.5 Å². The molecule has 1 unspecified atom stereocenters. The Morgan fingerprint density at radius 1 is 1.11 bits per heavy atom. The first-order valence-corrected chi connectivity index (χ1v) is 11.0. The first-order chi connectivity index (χ1) is 13.2. The van der Waals surface area contributed by atoms with E-state index < -0.39 is 0 Å². The van der Waals surface area contributed by atoms with Crippen LogP contribution in [0.4, 0.5) is 0 Å². The minimum atomic E-state index is -0.193. The fourth-order valence-electron chi connectivity index (χ4n) is 2.53. The molecule has 0 saturated carbocycles. The molecule has 0 fully saturated rings. The van der Waals surface area contributed by atoms with Gasteiger partial charge in [-0.05, 0) is 31.2 Å². The van der Waals surface area contributed by atoms with Gasteiger partial charge in [0.1, 0.15) is 5.82 Å². The van der Waals surface area contributed by atoms with Gasteiger partial charge in [0.05, 0.1) is 27.3 Å². The van der Waals surface area contributed by atoms with Crippen molar-refractivity contribution in [1.29, 1.82) is 5.26 Å². The van der Waals surface area contributed by atoms with E-state index in [1.807, 2.05) is 60.0 Å². The molecule has 0 aliphatic carbocycles. The van der Waals surface area contributed by atoms with Gasteiger partial charge in [0.15, 0.2) is 9.50 Å². The average molecular weight is 410 g/mol. The van der Waals surface area contributed by atoms with Crippen molar-refractivity contribution in [2.75, 3.05) is 0 Å². The van der Waals surface area contributed by atoms with Gasteiger partial charge in [0.2, 0.25) is 0 Å². The van der Waals surface area contributed by atoms with Crippen molar-refractivity contribution < 1.29 is 0 Å². The molecule has 2 heterocycles. The molecule has 4 aromatic rings. The molecule has 0 aliphatic heterocycles. The number of fused-ring (bicyclic) bond motifs is 1. The molecule has 0 saturated heterocycles. The molecule has 0 amide bonds. The Hall–Kier alpha value is -2.34. The van der Waals surface area contributed by atoms with Crippen molar-refractivity contribution in [2.45, 2.75) is 27.4 Å². The lowest BCUT2D eigenvalue weighted by atomic mass is 10.3. The zero-order valence-electron chi connectivity index (χ0n) is 14.4. The molecule has 0 spiro atoms. The van der Waals surface area contributed by atoms with E-state index in [1.54, 1.807) is 23.1 Å². The Bertz CT molecular complexity index is 1060. The minimum absolute atomic E-state index is 0.193. The number of hydrogen-bond acceptors (Lipinski definition) is 7. The third kappa shape index (κ3) is 4.00. The van der Waals surface area contributed by atoms with Gasteiger partial charge in [0, 0.05) is 5.69 Å². The molecule has 4 rings (SSSR count). The van der Waals surface area contributed by atoms with Crippen molar-refractivity contribution in [3.8, 4) is 11.8 Å². The third-order valence-electron chi connectivity index (χ3n) is 3.78. The molecule has 27 heavy (non-hydrogen) atoms. The Labute approximate surface area is 169 Å². The lowest BCUT2D eigenvalue weighted by Gasteiger charge is -2.10. The monoisotopic (exact) mass is 409 g/mol. The van der Waals surface area contributed by atoms with Gasteiger partial charge in [-0.15, -0.1) is 21.5 Å². The number of thiazole rings is 1. The predicted molar refractivity (Wildman–Crippen MR) is 111 cm³/mol. The van der Waals surface area contributed by atoms with Gasteiger partial charge in [-0.2, -0.15) is 5.26 Å². The zero-order chi connectivity index (χ0) is 18.6. The van der Waals surface area contributed by atoms with Gasteiger partial charge < -0.3 is 0 Å². The number of aromatic nitrogens is 4. The van der Waals surface area contributed by atoms with Crippen LogP contribution in [0, 0.1) is 11.3 Å². The van der Waals surface area contributed by atoms with Gasteiger partial charge in [-0.3, -0.25) is 4.57 Å². The molecule has 5 nitrogen and oxygen atoms in total. The number of rotatable bonds is 6. The summed E-state index contributed by atoms with van der Waals surface area (Å²) in [5, 5.41) is 18.4. The second-order valence-electron chi connectivity index (χ2n) is 5.70. The molecule has 0 N–H and O–H groups in total. The average Bonchev–Trinajstić information content (AvgIpc) is 3.30. The highest BCUT2D eigenvalue weighted by Gasteiger charge is 2.17. The number of hydrogen-bond donors (Lipinski definition) is 0. The third-order valence-corrected chi connectivity index (χ3v) is 6.89. The fourth-order valence-corrected chi connectivity index (χ4v) is 5.28. The lowest BCUT2D eigenvalue weighted by Crippen LogP contribution is -2.03. The Balaban J connectivity index is 1.62. The highest BCUT2D eigenvalue weighted by Crippen LogP contribution is 2.33. The summed E-state index contributed by atoms with van der Waals surface area (Å²) in [7, 11) is 0. The van der Waals surface area contributed by atoms with Crippen LogP contribution in [0.2, 0.25) is 0 Å². The van der Waals surface area contributed by atoms with Crippen LogP contribution in [0.5, 0.6) is 0 Å². The SMILES string of the molecule is CC(C#N)Sc1nnc(CSc2nc3ccccc3s2)n1-c1ccccc1. The number of para-hydroxylation sites is 2. The molecular formula is C19H15N5S3. The van der Waals surface area contributed by atoms with E-state index >= 15 is 0 Å². The van der Waals surface area contributed by atoms with Crippen molar-refractivity contribution >= 4 is 45.1 Å². The fraction of sp³-hybridized carbons (Fsp3) is 0.158. The molecule has 1 atom stereocenters. The van der Waals surface area contributed by atoms with Gasteiger partial charge in [-0.1, -0.05) is 53.9 Å². The van der Waals surface area contributed by atoms with E-state index in [2.05, 4.69) is 27.3 Å². The summed E-state index contributed by atoms with van der Waals surface area (Å²) in [5.74, 6) is 1.50. The van der Waals surface area contributed by atoms with Gasteiger partial charge >= 0.3 is 0 Å². The van der Waals surface area contributed by atoms with E-state index in [4.69, 9.17) is 5.26 Å². The van der Waals surface area contributed by atoms with Crippen LogP contribution in [0.25, 0.3) is 15.9 Å². The summed E-state index contributed by atoms with van der Waals surface area (Å²) < 4.78 is 4.22. The highest BCUT2D eigenvalue weighted by atomic mass is 32.2. The summed E-state index contributed by atoms with van der Waals surface area (Å²) in [6.45, 7) is 1.87. The van der Waals surface area contributed by atoms with E-state index in [0.717, 1.165) is 26.5 Å². The molecule has 0 aliphatic rings. The normalized spacial score (nSPS) is 12.1. The Morgan fingerprint density at radius 3 is 2.67 bits per heavy atom. The van der Waals surface area contributed by atoms with Crippen LogP contribution in [0.15, 0.2) is 64.1 Å². The molecule has 2 aromatic carbocycles. The van der Waals surface area contributed by atoms with Crippen LogP contribution in [-0.4, -0.2) is 25.0 Å². The summed E-state index contributed by atoms with van der Waals surface area (Å²) in [4.78, 5) is 4.67. The molecular weight excluding hydrogens is 394 g/mol. The zero-order valence-corrected chi connectivity index (χ0v) is 16.9. The molecule has 0 bridgehead atoms. The lowest BCUT2D eigenvalue weighted by molar-refractivity contribution is 0.862. The van der Waals surface area contributed by atoms with Crippen LogP contribution < -0.4 is 0 Å². The van der Waals surface area contributed by atoms with Crippen molar-refractivity contribution in [1.82, 2.24) is 19.7 Å². The molecule has 2 aromatic heterocycles. The topological polar surface area (TPSA) is 67.4 Å². The molecule has 134 valence electrons. The number of benzene rings is 2. The first-order valence-electron chi connectivity index (χ1n) is 8.29. The quantitative estimate of drug-likeness (QED) is 0.409. The van der Waals surface area contributed by atoms with E-state index in [9.17, 15) is 0 Å². The number of nitrogens with zero attached hydrogens (tertiary/aromatic N) is 5. The van der Waals surface area contributed by atoms with Gasteiger partial charge in [-0.25, -0.2) is 4.98 Å². The smallest absolute Gasteiger partial charge is 0.197 e. The molecule has 8 heteroatoms. The predicted octanol–water partition coefficient (Wildman–Crippen LogP) is 5.17. The largest absolute Gasteiger partial charge is 0.273 e. The maximum atomic E-state index is 9.15. The maximum absolute atomic E-state index is 9.15. The summed E-state index contributed by atoms with van der Waals surface area (Å²) in [6, 6.07) is 20.4. The van der Waals surface area contributed by atoms with Crippen LogP contribution in [0.1, 0.15) is 12.7 Å². The summed E-state index contributed by atoms with van der Waals surface area (Å²) >= 11 is 4.76. The Morgan fingerprint density at radius 2 is 1.89 bits per heavy atom. The van der Waals surface area contributed by atoms with Crippen LogP contribution in [-0.2, 0) is 5.75 Å². The second kappa shape index (κ2) is 8.13. The maximum Gasteiger partial charge on any atom is 0.197 e. The standard InChI is InChI=1S/C19H15N5S3/c1-13(11-20)26-18-23-22-17(24(18)14-7-3-2-4-8-14)12-25-19-21-15-9-5-6-10-16(15)27-19/h2-10,13H,12H2,1H3. The van der Waals surface area contributed by atoms with Crippen LogP contribution in [0.3, 0.4) is 0 Å². The van der Waals surface area contributed by atoms with E-state index in [0.29, 0.717) is 5.75 Å². The van der Waals surface area contributed by atoms with E-state index in [-0.39, 0.29) is 5.25 Å².